The van der Waals surface area contributed by atoms with Crippen molar-refractivity contribution < 1.29 is 9.84 Å². The van der Waals surface area contributed by atoms with E-state index in [4.69, 9.17) is 9.84 Å². The molecule has 11 heavy (non-hydrogen) atoms. The van der Waals surface area contributed by atoms with E-state index in [1.165, 1.54) is 19.3 Å². The quantitative estimate of drug-likeness (QED) is 0.629. The van der Waals surface area contributed by atoms with E-state index in [1.54, 1.807) is 0 Å². The van der Waals surface area contributed by atoms with Crippen LogP contribution in [-0.2, 0) is 4.74 Å². The lowest BCUT2D eigenvalue weighted by atomic mass is 10.2. The summed E-state index contributed by atoms with van der Waals surface area (Å²) in [6.45, 7) is 2.64. The maximum absolute atomic E-state index is 9.05. The first kappa shape index (κ1) is 8.60. The Kier molecular flexibility index (Phi) is 3.43. The molecule has 0 aromatic heterocycles. The molecule has 0 spiro atoms. The summed E-state index contributed by atoms with van der Waals surface area (Å²) in [5, 5.41) is 9.05. The summed E-state index contributed by atoms with van der Waals surface area (Å²) in [6, 6.07) is 0. The zero-order chi connectivity index (χ0) is 8.10. The highest BCUT2D eigenvalue weighted by molar-refractivity contribution is 5.02. The van der Waals surface area contributed by atoms with Gasteiger partial charge in [0, 0.05) is 6.42 Å². The Bertz CT molecular complexity index is 140. The molecule has 0 aliphatic carbocycles. The third-order valence-corrected chi connectivity index (χ3v) is 1.84. The minimum Gasteiger partial charge on any atom is -0.495 e. The van der Waals surface area contributed by atoms with E-state index < -0.39 is 0 Å². The van der Waals surface area contributed by atoms with Crippen LogP contribution >= 0.6 is 0 Å². The highest BCUT2D eigenvalue weighted by atomic mass is 16.5. The number of unbranched alkanes of at least 4 members (excludes halogenated alkanes) is 2. The van der Waals surface area contributed by atoms with Gasteiger partial charge in [0.1, 0.15) is 12.7 Å². The van der Waals surface area contributed by atoms with E-state index in [1.807, 2.05) is 6.08 Å². The van der Waals surface area contributed by atoms with Crippen molar-refractivity contribution in [2.24, 2.45) is 0 Å². The van der Waals surface area contributed by atoms with Crippen LogP contribution in [0, 0.1) is 0 Å². The number of hydrogen-bond donors (Lipinski definition) is 1. The number of allylic oxidation sites excluding steroid dienone is 1. The van der Waals surface area contributed by atoms with Gasteiger partial charge in [0.15, 0.2) is 0 Å². The van der Waals surface area contributed by atoms with Crippen molar-refractivity contribution >= 4 is 0 Å². The number of aliphatic hydroxyl groups excluding tert-OH is 1. The second kappa shape index (κ2) is 4.39. The van der Waals surface area contributed by atoms with Gasteiger partial charge in [-0.3, -0.25) is 0 Å². The molecule has 2 nitrogen and oxygen atoms in total. The minimum absolute atomic E-state index is 0.355. The van der Waals surface area contributed by atoms with Crippen LogP contribution in [0.5, 0.6) is 0 Å². The van der Waals surface area contributed by atoms with Crippen LogP contribution in [-0.4, -0.2) is 17.8 Å². The van der Waals surface area contributed by atoms with Gasteiger partial charge in [-0.15, -0.1) is 0 Å². The molecule has 1 heterocycles. The number of aliphatic hydroxyl groups is 1. The zero-order valence-corrected chi connectivity index (χ0v) is 7.05. The fourth-order valence-electron chi connectivity index (χ4n) is 1.21. The Balaban J connectivity index is 2.12. The molecule has 1 aliphatic heterocycles. The molecule has 2 heteroatoms. The van der Waals surface area contributed by atoms with Crippen molar-refractivity contribution in [3.63, 3.8) is 0 Å². The van der Waals surface area contributed by atoms with Crippen LogP contribution in [0.2, 0.25) is 0 Å². The highest BCUT2D eigenvalue weighted by Crippen LogP contribution is 2.16. The van der Waals surface area contributed by atoms with Crippen molar-refractivity contribution in [3.05, 3.63) is 11.8 Å². The van der Waals surface area contributed by atoms with Gasteiger partial charge >= 0.3 is 0 Å². The molecule has 1 unspecified atom stereocenters. The van der Waals surface area contributed by atoms with Crippen molar-refractivity contribution in [3.8, 4) is 0 Å². The first-order valence-electron chi connectivity index (χ1n) is 4.34. The Morgan fingerprint density at radius 3 is 3.00 bits per heavy atom. The molecule has 0 aromatic carbocycles. The maximum Gasteiger partial charge on any atom is 0.117 e. The second-order valence-electron chi connectivity index (χ2n) is 2.97. The second-order valence-corrected chi connectivity index (χ2v) is 2.97. The monoisotopic (exact) mass is 156 g/mol. The molecule has 0 saturated heterocycles. The predicted octanol–water partition coefficient (Wildman–Crippen LogP) is 1.84. The van der Waals surface area contributed by atoms with Crippen LogP contribution in [0.3, 0.4) is 0 Å². The highest BCUT2D eigenvalue weighted by Gasteiger charge is 2.12. The molecule has 0 aromatic rings. The van der Waals surface area contributed by atoms with Gasteiger partial charge in [-0.2, -0.15) is 0 Å². The van der Waals surface area contributed by atoms with Crippen LogP contribution in [0.25, 0.3) is 0 Å². The van der Waals surface area contributed by atoms with Crippen LogP contribution < -0.4 is 0 Å². The normalized spacial score (nSPS) is 23.1. The summed E-state index contributed by atoms with van der Waals surface area (Å²) in [4.78, 5) is 0. The van der Waals surface area contributed by atoms with Gasteiger partial charge < -0.3 is 9.84 Å². The molecule has 1 aliphatic rings. The third-order valence-electron chi connectivity index (χ3n) is 1.84. The number of rotatable bonds is 4. The van der Waals surface area contributed by atoms with Crippen molar-refractivity contribution in [2.75, 3.05) is 6.61 Å². The van der Waals surface area contributed by atoms with Crippen LogP contribution in [0.15, 0.2) is 11.8 Å². The topological polar surface area (TPSA) is 29.5 Å². The smallest absolute Gasteiger partial charge is 0.117 e. The summed E-state index contributed by atoms with van der Waals surface area (Å²) < 4.78 is 5.22. The molecule has 1 rings (SSSR count). The van der Waals surface area contributed by atoms with E-state index in [0.29, 0.717) is 6.61 Å². The Hall–Kier alpha value is -0.500. The van der Waals surface area contributed by atoms with E-state index in [2.05, 4.69) is 6.92 Å². The van der Waals surface area contributed by atoms with E-state index in [0.717, 1.165) is 12.2 Å². The SMILES string of the molecule is CCCCCC1=CC(O)CO1. The van der Waals surface area contributed by atoms with Crippen LogP contribution in [0.4, 0.5) is 0 Å². The molecule has 0 fully saturated rings. The molecule has 0 amide bonds. The molecule has 1 atom stereocenters. The fraction of sp³-hybridized carbons (Fsp3) is 0.778. The fourth-order valence-corrected chi connectivity index (χ4v) is 1.21. The predicted molar refractivity (Wildman–Crippen MR) is 44.2 cm³/mol. The summed E-state index contributed by atoms with van der Waals surface area (Å²) >= 11 is 0. The third kappa shape index (κ3) is 2.93. The average Bonchev–Trinajstić information content (AvgIpc) is 2.37. The molecule has 0 radical (unpaired) electrons. The Morgan fingerprint density at radius 1 is 1.64 bits per heavy atom. The summed E-state index contributed by atoms with van der Waals surface area (Å²) in [6.07, 6.45) is 6.11. The van der Waals surface area contributed by atoms with Gasteiger partial charge in [0.05, 0.1) is 5.76 Å². The van der Waals surface area contributed by atoms with Gasteiger partial charge in [-0.05, 0) is 12.5 Å². The molecule has 64 valence electrons. The van der Waals surface area contributed by atoms with Gasteiger partial charge in [-0.25, -0.2) is 0 Å². The molecular weight excluding hydrogens is 140 g/mol. The standard InChI is InChI=1S/C9H16O2/c1-2-3-4-5-9-6-8(10)7-11-9/h6,8,10H,2-5,7H2,1H3. The van der Waals surface area contributed by atoms with Gasteiger partial charge in [0.25, 0.3) is 0 Å². The summed E-state index contributed by atoms with van der Waals surface area (Å²) in [5.74, 6) is 0.978. The molecule has 0 saturated carbocycles. The lowest BCUT2D eigenvalue weighted by Crippen LogP contribution is -2.02. The van der Waals surface area contributed by atoms with E-state index in [9.17, 15) is 0 Å². The van der Waals surface area contributed by atoms with E-state index in [-0.39, 0.29) is 6.10 Å². The summed E-state index contributed by atoms with van der Waals surface area (Å²) in [7, 11) is 0. The lowest BCUT2D eigenvalue weighted by Gasteiger charge is -2.01. The van der Waals surface area contributed by atoms with Crippen molar-refractivity contribution in [1.29, 1.82) is 0 Å². The van der Waals surface area contributed by atoms with Crippen LogP contribution in [0.1, 0.15) is 32.6 Å². The first-order chi connectivity index (χ1) is 5.33. The Morgan fingerprint density at radius 2 is 2.45 bits per heavy atom. The molecular formula is C9H16O2. The molecule has 0 bridgehead atoms. The zero-order valence-electron chi connectivity index (χ0n) is 7.05. The summed E-state index contributed by atoms with van der Waals surface area (Å²) in [5.41, 5.74) is 0. The molecule has 1 N–H and O–H groups in total. The minimum atomic E-state index is -0.355. The van der Waals surface area contributed by atoms with Crippen molar-refractivity contribution in [1.82, 2.24) is 0 Å². The van der Waals surface area contributed by atoms with E-state index >= 15 is 0 Å². The largest absolute Gasteiger partial charge is 0.495 e. The number of ether oxygens (including phenoxy) is 1. The first-order valence-corrected chi connectivity index (χ1v) is 4.34. The van der Waals surface area contributed by atoms with Gasteiger partial charge in [0.2, 0.25) is 0 Å². The lowest BCUT2D eigenvalue weighted by molar-refractivity contribution is 0.132. The number of hydrogen-bond acceptors (Lipinski definition) is 2. The Labute approximate surface area is 67.9 Å². The van der Waals surface area contributed by atoms with Gasteiger partial charge in [-0.1, -0.05) is 19.8 Å². The van der Waals surface area contributed by atoms with Crippen molar-refractivity contribution in [2.45, 2.75) is 38.7 Å². The average molecular weight is 156 g/mol. The maximum atomic E-state index is 9.05.